The van der Waals surface area contributed by atoms with Crippen molar-refractivity contribution in [2.45, 2.75) is 96.7 Å². The van der Waals surface area contributed by atoms with Gasteiger partial charge in [-0.15, -0.1) is 0 Å². The molecule has 0 N–H and O–H groups in total. The number of thiol groups is 1. The zero-order valence-electron chi connectivity index (χ0n) is 16.0. The molecule has 0 bridgehead atoms. The quantitative estimate of drug-likeness (QED) is 0.554. The van der Waals surface area contributed by atoms with Gasteiger partial charge in [0.2, 0.25) is 0 Å². The molecule has 0 aliphatic heterocycles. The van der Waals surface area contributed by atoms with Gasteiger partial charge in [0.05, 0.1) is 0 Å². The average Bonchev–Trinajstić information content (AvgIpc) is 2.42. The van der Waals surface area contributed by atoms with Crippen molar-refractivity contribution in [3.8, 4) is 0 Å². The van der Waals surface area contributed by atoms with E-state index in [1.54, 1.807) is 0 Å². The second-order valence-electron chi connectivity index (χ2n) is 8.79. The number of hydrogen-bond donors (Lipinski definition) is 1. The lowest BCUT2D eigenvalue weighted by atomic mass is 9.77. The van der Waals surface area contributed by atoms with Gasteiger partial charge >= 0.3 is 0 Å². The second kappa shape index (κ2) is 6.99. The summed E-state index contributed by atoms with van der Waals surface area (Å²) in [6.45, 7) is 18.3. The third-order valence-electron chi connectivity index (χ3n) is 4.73. The van der Waals surface area contributed by atoms with Gasteiger partial charge in [0, 0.05) is 4.75 Å². The highest BCUT2D eigenvalue weighted by Crippen LogP contribution is 2.41. The fraction of sp³-hybridized carbons (Fsp3) is 0.714. The Labute approximate surface area is 144 Å². The normalized spacial score (nSPS) is 15.7. The highest BCUT2D eigenvalue weighted by atomic mass is 32.1. The summed E-state index contributed by atoms with van der Waals surface area (Å²) in [7, 11) is 0. The summed E-state index contributed by atoms with van der Waals surface area (Å²) in [5, 5.41) is 0. The minimum absolute atomic E-state index is 0.00271. The summed E-state index contributed by atoms with van der Waals surface area (Å²) < 4.78 is -0.00271. The van der Waals surface area contributed by atoms with E-state index < -0.39 is 0 Å². The summed E-state index contributed by atoms with van der Waals surface area (Å²) in [5.74, 6) is 0. The van der Waals surface area contributed by atoms with E-state index in [9.17, 15) is 0 Å². The van der Waals surface area contributed by atoms with Gasteiger partial charge in [0.25, 0.3) is 0 Å². The van der Waals surface area contributed by atoms with Crippen molar-refractivity contribution in [1.29, 1.82) is 0 Å². The predicted octanol–water partition coefficient (Wildman–Crippen LogP) is 7.01. The van der Waals surface area contributed by atoms with E-state index in [-0.39, 0.29) is 15.6 Å². The van der Waals surface area contributed by atoms with Crippen molar-refractivity contribution in [2.75, 3.05) is 0 Å². The molecule has 0 heterocycles. The van der Waals surface area contributed by atoms with Crippen molar-refractivity contribution in [3.63, 3.8) is 0 Å². The minimum Gasteiger partial charge on any atom is -0.168 e. The van der Waals surface area contributed by atoms with Gasteiger partial charge in [0.15, 0.2) is 0 Å². The first-order valence-corrected chi connectivity index (χ1v) is 9.27. The monoisotopic (exact) mass is 320 g/mol. The molecule has 1 unspecified atom stereocenters. The Morgan fingerprint density at radius 3 is 1.50 bits per heavy atom. The maximum absolute atomic E-state index is 5.13. The molecule has 0 spiro atoms. The lowest BCUT2D eigenvalue weighted by molar-refractivity contribution is 0.515. The molecule has 0 saturated carbocycles. The maximum Gasteiger partial charge on any atom is 0.0375 e. The van der Waals surface area contributed by atoms with Crippen LogP contribution in [0.1, 0.15) is 97.8 Å². The molecule has 1 atom stereocenters. The minimum atomic E-state index is -0.00271. The molecule has 0 saturated heterocycles. The van der Waals surface area contributed by atoms with E-state index >= 15 is 0 Å². The third-order valence-corrected chi connectivity index (χ3v) is 5.53. The molecule has 0 nitrogen and oxygen atoms in total. The molecule has 1 heteroatoms. The zero-order chi connectivity index (χ0) is 17.2. The van der Waals surface area contributed by atoms with Crippen LogP contribution in [0.25, 0.3) is 0 Å². The number of hydrogen-bond acceptors (Lipinski definition) is 1. The maximum atomic E-state index is 5.13. The van der Waals surface area contributed by atoms with Crippen LogP contribution < -0.4 is 0 Å². The lowest BCUT2D eigenvalue weighted by Gasteiger charge is -2.33. The van der Waals surface area contributed by atoms with Gasteiger partial charge in [-0.3, -0.25) is 0 Å². The molecular formula is C21H36S. The van der Waals surface area contributed by atoms with Crippen LogP contribution in [-0.4, -0.2) is 0 Å². The average molecular weight is 321 g/mol. The summed E-state index contributed by atoms with van der Waals surface area (Å²) in [5.41, 5.74) is 4.60. The molecule has 0 amide bonds. The van der Waals surface area contributed by atoms with Crippen LogP contribution in [0, 0.1) is 0 Å². The Hall–Kier alpha value is -0.430. The van der Waals surface area contributed by atoms with E-state index in [0.29, 0.717) is 0 Å². The van der Waals surface area contributed by atoms with E-state index in [4.69, 9.17) is 12.6 Å². The van der Waals surface area contributed by atoms with Crippen LogP contribution in [0.3, 0.4) is 0 Å². The van der Waals surface area contributed by atoms with Crippen LogP contribution >= 0.6 is 12.6 Å². The first kappa shape index (κ1) is 19.6. The Balaban J connectivity index is 3.46. The standard InChI is InChI=1S/C21H36S/c1-9-11-12-21(22,10-2)18-14-16(19(3,4)5)13-17(15-18)20(6,7)8/h13-15,22H,9-12H2,1-8H3. The number of benzene rings is 1. The van der Waals surface area contributed by atoms with Crippen molar-refractivity contribution < 1.29 is 0 Å². The molecule has 1 aromatic carbocycles. The number of unbranched alkanes of at least 4 members (excludes halogenated alkanes) is 1. The number of rotatable bonds is 5. The molecule has 0 aromatic heterocycles. The Bertz CT molecular complexity index is 455. The van der Waals surface area contributed by atoms with Gasteiger partial charge < -0.3 is 0 Å². The topological polar surface area (TPSA) is 0 Å². The van der Waals surface area contributed by atoms with E-state index in [1.165, 1.54) is 29.5 Å². The van der Waals surface area contributed by atoms with Crippen LogP contribution in [0.5, 0.6) is 0 Å². The highest BCUT2D eigenvalue weighted by Gasteiger charge is 2.29. The summed E-state index contributed by atoms with van der Waals surface area (Å²) in [6, 6.07) is 7.20. The van der Waals surface area contributed by atoms with Crippen LogP contribution in [0.4, 0.5) is 0 Å². The molecule has 0 fully saturated rings. The third kappa shape index (κ3) is 4.78. The molecule has 22 heavy (non-hydrogen) atoms. The van der Waals surface area contributed by atoms with Crippen molar-refractivity contribution in [1.82, 2.24) is 0 Å². The first-order valence-electron chi connectivity index (χ1n) is 8.83. The van der Waals surface area contributed by atoms with Crippen LogP contribution in [-0.2, 0) is 15.6 Å². The molecule has 1 rings (SSSR count). The largest absolute Gasteiger partial charge is 0.168 e. The molecule has 0 radical (unpaired) electrons. The van der Waals surface area contributed by atoms with Crippen molar-refractivity contribution >= 4 is 12.6 Å². The summed E-state index contributed by atoms with van der Waals surface area (Å²) in [4.78, 5) is 0. The lowest BCUT2D eigenvalue weighted by Crippen LogP contribution is -2.23. The van der Waals surface area contributed by atoms with Crippen molar-refractivity contribution in [3.05, 3.63) is 34.9 Å². The van der Waals surface area contributed by atoms with Crippen LogP contribution in [0.15, 0.2) is 18.2 Å². The fourth-order valence-electron chi connectivity index (χ4n) is 2.76. The highest BCUT2D eigenvalue weighted by molar-refractivity contribution is 7.81. The van der Waals surface area contributed by atoms with Gasteiger partial charge in [-0.25, -0.2) is 0 Å². The Morgan fingerprint density at radius 2 is 1.18 bits per heavy atom. The molecule has 0 aliphatic carbocycles. The Kier molecular flexibility index (Phi) is 6.23. The summed E-state index contributed by atoms with van der Waals surface area (Å²) >= 11 is 5.13. The SMILES string of the molecule is CCCCC(S)(CC)c1cc(C(C)(C)C)cc(C(C)(C)C)c1. The fourth-order valence-corrected chi connectivity index (χ4v) is 3.04. The zero-order valence-corrected chi connectivity index (χ0v) is 16.9. The predicted molar refractivity (Wildman–Crippen MR) is 104 cm³/mol. The molecular weight excluding hydrogens is 284 g/mol. The van der Waals surface area contributed by atoms with Crippen molar-refractivity contribution in [2.24, 2.45) is 0 Å². The smallest absolute Gasteiger partial charge is 0.0375 e. The molecule has 126 valence electrons. The Morgan fingerprint density at radius 1 is 0.773 bits per heavy atom. The molecule has 0 aliphatic rings. The van der Waals surface area contributed by atoms with Gasteiger partial charge in [-0.2, -0.15) is 12.6 Å². The van der Waals surface area contributed by atoms with E-state index in [0.717, 1.165) is 12.8 Å². The second-order valence-corrected chi connectivity index (χ2v) is 9.64. The first-order chi connectivity index (χ1) is 9.94. The summed E-state index contributed by atoms with van der Waals surface area (Å²) in [6.07, 6.45) is 4.70. The van der Waals surface area contributed by atoms with Gasteiger partial charge in [0.1, 0.15) is 0 Å². The van der Waals surface area contributed by atoms with E-state index in [1.807, 2.05) is 0 Å². The van der Waals surface area contributed by atoms with Gasteiger partial charge in [-0.1, -0.05) is 86.4 Å². The van der Waals surface area contributed by atoms with Crippen LogP contribution in [0.2, 0.25) is 0 Å². The molecule has 1 aromatic rings. The van der Waals surface area contributed by atoms with E-state index in [2.05, 4.69) is 73.6 Å². The van der Waals surface area contributed by atoms with Gasteiger partial charge in [-0.05, 0) is 40.4 Å².